The second-order valence-corrected chi connectivity index (χ2v) is 7.66. The monoisotopic (exact) mass is 453 g/mol. The second kappa shape index (κ2) is 9.70. The number of carbonyl (C=O) groups is 4. The lowest BCUT2D eigenvalue weighted by molar-refractivity contribution is -0.152. The average molecular weight is 453 g/mol. The highest BCUT2D eigenvalue weighted by Crippen LogP contribution is 2.44. The third kappa shape index (κ3) is 4.80. The highest BCUT2D eigenvalue weighted by atomic mass is 16.5. The molecule has 2 aromatic carbocycles. The smallest absolute Gasteiger partial charge is 0.407 e. The number of carboxylic acid groups (broad SMARTS) is 1. The van der Waals surface area contributed by atoms with Crippen LogP contribution >= 0.6 is 0 Å². The molecule has 1 saturated heterocycles. The van der Waals surface area contributed by atoms with Gasteiger partial charge in [0.1, 0.15) is 13.2 Å². The van der Waals surface area contributed by atoms with Crippen LogP contribution in [-0.2, 0) is 23.9 Å². The van der Waals surface area contributed by atoms with Crippen molar-refractivity contribution in [3.63, 3.8) is 0 Å². The number of carboxylic acids is 1. The van der Waals surface area contributed by atoms with Crippen LogP contribution in [0.2, 0.25) is 0 Å². The van der Waals surface area contributed by atoms with E-state index >= 15 is 0 Å². The number of nitrogens with zero attached hydrogens (tertiary/aromatic N) is 1. The number of hydrogen-bond acceptors (Lipinski definition) is 6. The molecule has 0 bridgehead atoms. The number of hydrogen-bond donors (Lipinski definition) is 3. The molecule has 0 radical (unpaired) electrons. The maximum Gasteiger partial charge on any atom is 0.407 e. The Hall–Kier alpha value is -3.92. The number of benzene rings is 2. The molecule has 1 atom stereocenters. The van der Waals surface area contributed by atoms with Crippen LogP contribution in [0.3, 0.4) is 0 Å². The molecule has 1 fully saturated rings. The van der Waals surface area contributed by atoms with Gasteiger partial charge in [-0.1, -0.05) is 48.5 Å². The Bertz CT molecular complexity index is 1040. The van der Waals surface area contributed by atoms with Gasteiger partial charge in [0.25, 0.3) is 5.91 Å². The van der Waals surface area contributed by atoms with Gasteiger partial charge in [-0.25, -0.2) is 14.6 Å². The van der Waals surface area contributed by atoms with Crippen LogP contribution in [0, 0.1) is 0 Å². The maximum atomic E-state index is 12.1. The summed E-state index contributed by atoms with van der Waals surface area (Å²) < 4.78 is 10.6. The van der Waals surface area contributed by atoms with Crippen LogP contribution in [0.4, 0.5) is 4.79 Å². The van der Waals surface area contributed by atoms with Gasteiger partial charge < -0.3 is 19.9 Å². The predicted molar refractivity (Wildman–Crippen MR) is 115 cm³/mol. The molecule has 1 aliphatic heterocycles. The molecular weight excluding hydrogens is 430 g/mol. The Labute approximate surface area is 189 Å². The molecule has 0 saturated carbocycles. The lowest BCUT2D eigenvalue weighted by Crippen LogP contribution is -2.48. The van der Waals surface area contributed by atoms with Gasteiger partial charge in [0.15, 0.2) is 6.04 Å². The molecule has 2 aliphatic rings. The molecule has 10 heteroatoms. The van der Waals surface area contributed by atoms with E-state index in [1.165, 1.54) is 0 Å². The highest BCUT2D eigenvalue weighted by molar-refractivity contribution is 5.94. The van der Waals surface area contributed by atoms with E-state index in [2.05, 4.69) is 22.9 Å². The highest BCUT2D eigenvalue weighted by Gasteiger charge is 2.38. The molecule has 1 aliphatic carbocycles. The van der Waals surface area contributed by atoms with Gasteiger partial charge >= 0.3 is 12.1 Å². The number of rotatable bonds is 8. The first-order valence-electron chi connectivity index (χ1n) is 10.5. The molecule has 3 N–H and O–H groups in total. The zero-order valence-electron chi connectivity index (χ0n) is 17.7. The number of hydrazine groups is 1. The van der Waals surface area contributed by atoms with Crippen LogP contribution in [0.15, 0.2) is 48.5 Å². The van der Waals surface area contributed by atoms with Gasteiger partial charge in [-0.15, -0.1) is 0 Å². The minimum Gasteiger partial charge on any atom is -0.480 e. The van der Waals surface area contributed by atoms with E-state index in [0.717, 1.165) is 27.3 Å². The van der Waals surface area contributed by atoms with Gasteiger partial charge in [-0.2, -0.15) is 0 Å². The van der Waals surface area contributed by atoms with E-state index in [9.17, 15) is 19.2 Å². The van der Waals surface area contributed by atoms with E-state index in [1.807, 2.05) is 36.4 Å². The maximum absolute atomic E-state index is 12.1. The summed E-state index contributed by atoms with van der Waals surface area (Å²) in [4.78, 5) is 46.6. The van der Waals surface area contributed by atoms with E-state index in [0.29, 0.717) is 0 Å². The summed E-state index contributed by atoms with van der Waals surface area (Å²) in [6.45, 7) is -0.144. The molecule has 1 unspecified atom stereocenters. The molecule has 33 heavy (non-hydrogen) atoms. The van der Waals surface area contributed by atoms with Crippen molar-refractivity contribution >= 4 is 23.9 Å². The summed E-state index contributed by atoms with van der Waals surface area (Å²) in [5.74, 6) is -2.56. The number of alkyl carbamates (subject to hydrolysis) is 1. The summed E-state index contributed by atoms with van der Waals surface area (Å²) in [7, 11) is 0. The fourth-order valence-corrected chi connectivity index (χ4v) is 4.06. The topological polar surface area (TPSA) is 134 Å². The molecule has 0 spiro atoms. The SMILES string of the molecule is O=C1CC(C(=O)O)N(C(=O)COCCNC(=O)OCC2c3ccccc3-c3ccccc32)N1. The van der Waals surface area contributed by atoms with Crippen molar-refractivity contribution in [1.29, 1.82) is 0 Å². The number of ether oxygens (including phenoxy) is 2. The van der Waals surface area contributed by atoms with E-state index in [1.54, 1.807) is 0 Å². The number of aliphatic carboxylic acids is 1. The van der Waals surface area contributed by atoms with Gasteiger partial charge in [-0.3, -0.25) is 15.0 Å². The molecule has 4 rings (SSSR count). The van der Waals surface area contributed by atoms with E-state index < -0.39 is 36.5 Å². The molecule has 172 valence electrons. The van der Waals surface area contributed by atoms with Gasteiger partial charge in [0.05, 0.1) is 13.0 Å². The Morgan fingerprint density at radius 3 is 2.33 bits per heavy atom. The van der Waals surface area contributed by atoms with Crippen LogP contribution in [0.1, 0.15) is 23.5 Å². The predicted octanol–water partition coefficient (Wildman–Crippen LogP) is 1.26. The molecule has 1 heterocycles. The second-order valence-electron chi connectivity index (χ2n) is 7.66. The van der Waals surface area contributed by atoms with Crippen LogP contribution in [0.25, 0.3) is 11.1 Å². The van der Waals surface area contributed by atoms with Gasteiger partial charge in [0.2, 0.25) is 5.91 Å². The Morgan fingerprint density at radius 2 is 1.70 bits per heavy atom. The van der Waals surface area contributed by atoms with Crippen molar-refractivity contribution in [2.45, 2.75) is 18.4 Å². The summed E-state index contributed by atoms with van der Waals surface area (Å²) >= 11 is 0. The minimum atomic E-state index is -1.28. The molecular formula is C23H23N3O7. The van der Waals surface area contributed by atoms with Crippen molar-refractivity contribution in [3.05, 3.63) is 59.7 Å². The van der Waals surface area contributed by atoms with Crippen LogP contribution < -0.4 is 10.7 Å². The van der Waals surface area contributed by atoms with Crippen molar-refractivity contribution < 1.29 is 33.8 Å². The summed E-state index contributed by atoms with van der Waals surface area (Å²) in [5.41, 5.74) is 6.70. The third-order valence-corrected chi connectivity index (χ3v) is 5.57. The fraction of sp³-hybridized carbons (Fsp3) is 0.304. The van der Waals surface area contributed by atoms with Crippen molar-refractivity contribution in [2.24, 2.45) is 0 Å². The van der Waals surface area contributed by atoms with Crippen molar-refractivity contribution in [3.8, 4) is 11.1 Å². The first-order valence-corrected chi connectivity index (χ1v) is 10.5. The van der Waals surface area contributed by atoms with Gasteiger partial charge in [-0.05, 0) is 22.3 Å². The Balaban J connectivity index is 1.19. The zero-order chi connectivity index (χ0) is 23.4. The number of carbonyl (C=O) groups excluding carboxylic acids is 3. The summed E-state index contributed by atoms with van der Waals surface area (Å²) in [6, 6.07) is 14.8. The lowest BCUT2D eigenvalue weighted by atomic mass is 9.98. The standard InChI is InChI=1S/C23H23N3O7/c27-20-11-19(22(29)30)26(25-20)21(28)13-32-10-9-24-23(31)33-12-18-16-7-3-1-5-14(16)15-6-2-4-8-17(15)18/h1-8,18-19H,9-13H2,(H,24,31)(H,25,27)(H,29,30). The van der Waals surface area contributed by atoms with Crippen LogP contribution in [0.5, 0.6) is 0 Å². The normalized spacial score (nSPS) is 16.7. The Kier molecular flexibility index (Phi) is 6.55. The fourth-order valence-electron chi connectivity index (χ4n) is 4.06. The molecule has 0 aromatic heterocycles. The molecule has 10 nitrogen and oxygen atoms in total. The lowest BCUT2D eigenvalue weighted by Gasteiger charge is -2.20. The van der Waals surface area contributed by atoms with Crippen molar-refractivity contribution in [2.75, 3.05) is 26.4 Å². The van der Waals surface area contributed by atoms with Crippen LogP contribution in [-0.4, -0.2) is 66.4 Å². The number of amides is 3. The Morgan fingerprint density at radius 1 is 1.06 bits per heavy atom. The van der Waals surface area contributed by atoms with E-state index in [-0.39, 0.29) is 32.1 Å². The summed E-state index contributed by atoms with van der Waals surface area (Å²) in [5, 5.41) is 12.4. The van der Waals surface area contributed by atoms with E-state index in [4.69, 9.17) is 14.6 Å². The summed E-state index contributed by atoms with van der Waals surface area (Å²) in [6.07, 6.45) is -0.908. The number of fused-ring (bicyclic) bond motifs is 3. The average Bonchev–Trinajstić information content (AvgIpc) is 3.36. The minimum absolute atomic E-state index is 0.00938. The molecule has 3 amide bonds. The molecule has 2 aromatic rings. The zero-order valence-corrected chi connectivity index (χ0v) is 17.7. The van der Waals surface area contributed by atoms with Gasteiger partial charge in [0, 0.05) is 12.5 Å². The van der Waals surface area contributed by atoms with Crippen molar-refractivity contribution in [1.82, 2.24) is 15.8 Å². The third-order valence-electron chi connectivity index (χ3n) is 5.57. The first kappa shape index (κ1) is 22.3. The number of nitrogens with one attached hydrogen (secondary N) is 2. The first-order chi connectivity index (χ1) is 16.0. The quantitative estimate of drug-likeness (QED) is 0.512. The largest absolute Gasteiger partial charge is 0.480 e.